The summed E-state index contributed by atoms with van der Waals surface area (Å²) in [6, 6.07) is 8.73. The highest BCUT2D eigenvalue weighted by Gasteiger charge is 2.48. The molecule has 1 aliphatic heterocycles. The first-order chi connectivity index (χ1) is 10.1. The molecule has 1 aliphatic carbocycles. The van der Waals surface area contributed by atoms with Crippen LogP contribution in [0.1, 0.15) is 31.2 Å². The fourth-order valence-corrected chi connectivity index (χ4v) is 3.67. The second-order valence-corrected chi connectivity index (χ2v) is 7.15. The van der Waals surface area contributed by atoms with Gasteiger partial charge in [-0.05, 0) is 49.8 Å². The Labute approximate surface area is 133 Å². The van der Waals surface area contributed by atoms with Crippen molar-refractivity contribution in [3.8, 4) is 0 Å². The molecule has 3 rings (SSSR count). The number of hydrogen-bond donors (Lipinski definition) is 2. The number of carbonyl (C=O) groups is 1. The van der Waals surface area contributed by atoms with Crippen LogP contribution in [0, 0.1) is 0 Å². The predicted molar refractivity (Wildman–Crippen MR) is 85.6 cm³/mol. The Bertz CT molecular complexity index is 506. The van der Waals surface area contributed by atoms with E-state index in [2.05, 4.69) is 50.4 Å². The number of rotatable bonds is 4. The number of hydrogen-bond acceptors (Lipinski definition) is 2. The second-order valence-electron chi connectivity index (χ2n) is 6.24. The lowest BCUT2D eigenvalue weighted by atomic mass is 9.97. The van der Waals surface area contributed by atoms with Crippen LogP contribution in [-0.2, 0) is 6.42 Å². The highest BCUT2D eigenvalue weighted by Crippen LogP contribution is 2.45. The van der Waals surface area contributed by atoms with Gasteiger partial charge in [0.15, 0.2) is 0 Å². The van der Waals surface area contributed by atoms with E-state index < -0.39 is 6.09 Å². The minimum atomic E-state index is -0.899. The van der Waals surface area contributed by atoms with E-state index in [-0.39, 0.29) is 6.04 Å². The van der Waals surface area contributed by atoms with Crippen LogP contribution < -0.4 is 5.32 Å². The zero-order valence-electron chi connectivity index (χ0n) is 12.0. The van der Waals surface area contributed by atoms with Crippen molar-refractivity contribution in [2.75, 3.05) is 13.1 Å². The average molecular weight is 353 g/mol. The Balaban J connectivity index is 1.57. The molecule has 1 heterocycles. The van der Waals surface area contributed by atoms with Crippen LogP contribution in [0.15, 0.2) is 28.7 Å². The molecule has 114 valence electrons. The fraction of sp³-hybridized carbons (Fsp3) is 0.562. The zero-order chi connectivity index (χ0) is 14.9. The fourth-order valence-electron chi connectivity index (χ4n) is 3.40. The number of benzene rings is 1. The predicted octanol–water partition coefficient (Wildman–Crippen LogP) is 3.26. The molecule has 0 spiro atoms. The van der Waals surface area contributed by atoms with Crippen LogP contribution in [0.5, 0.6) is 0 Å². The van der Waals surface area contributed by atoms with Crippen LogP contribution in [0.25, 0.3) is 0 Å². The molecule has 5 heteroatoms. The van der Waals surface area contributed by atoms with E-state index in [9.17, 15) is 4.79 Å². The van der Waals surface area contributed by atoms with Gasteiger partial charge in [0.05, 0.1) is 0 Å². The minimum absolute atomic E-state index is 0.127. The van der Waals surface area contributed by atoms with E-state index in [1.165, 1.54) is 18.4 Å². The topological polar surface area (TPSA) is 52.6 Å². The van der Waals surface area contributed by atoms with Gasteiger partial charge in [-0.25, -0.2) is 4.79 Å². The van der Waals surface area contributed by atoms with Gasteiger partial charge in [0.2, 0.25) is 0 Å². The zero-order valence-corrected chi connectivity index (χ0v) is 13.6. The molecule has 0 atom stereocenters. The molecule has 21 heavy (non-hydrogen) atoms. The lowest BCUT2D eigenvalue weighted by molar-refractivity contribution is 0.123. The van der Waals surface area contributed by atoms with Gasteiger partial charge in [0.1, 0.15) is 0 Å². The molecule has 2 fully saturated rings. The van der Waals surface area contributed by atoms with Crippen molar-refractivity contribution in [3.05, 3.63) is 34.3 Å². The molecule has 1 aromatic carbocycles. The van der Waals surface area contributed by atoms with E-state index in [4.69, 9.17) is 5.11 Å². The number of piperidine rings is 1. The molecule has 1 saturated carbocycles. The van der Waals surface area contributed by atoms with Crippen LogP contribution >= 0.6 is 15.9 Å². The number of carboxylic acid groups (broad SMARTS) is 1. The summed E-state index contributed by atoms with van der Waals surface area (Å²) in [5.41, 5.74) is 1.73. The number of nitrogens with zero attached hydrogens (tertiary/aromatic N) is 1. The third-order valence-corrected chi connectivity index (χ3v) is 5.30. The van der Waals surface area contributed by atoms with Gasteiger partial charge in [-0.15, -0.1) is 0 Å². The Morgan fingerprint density at radius 1 is 1.29 bits per heavy atom. The van der Waals surface area contributed by atoms with Crippen LogP contribution in [0.2, 0.25) is 0 Å². The van der Waals surface area contributed by atoms with Gasteiger partial charge in [0, 0.05) is 29.1 Å². The van der Waals surface area contributed by atoms with Crippen molar-refractivity contribution >= 4 is 22.0 Å². The summed E-state index contributed by atoms with van der Waals surface area (Å²) >= 11 is 3.48. The second kappa shape index (κ2) is 5.97. The third-order valence-electron chi connectivity index (χ3n) is 4.77. The summed E-state index contributed by atoms with van der Waals surface area (Å²) < 4.78 is 1.12. The highest BCUT2D eigenvalue weighted by molar-refractivity contribution is 9.10. The van der Waals surface area contributed by atoms with Gasteiger partial charge in [-0.1, -0.05) is 28.1 Å². The lowest BCUT2D eigenvalue weighted by Gasteiger charge is -2.38. The maximum absolute atomic E-state index is 10.7. The molecule has 1 amide bonds. The van der Waals surface area contributed by atoms with Crippen molar-refractivity contribution in [2.45, 2.75) is 43.7 Å². The largest absolute Gasteiger partial charge is 0.465 e. The standard InChI is InChI=1S/C16H21BrN2O2/c17-13-3-1-12(2-4-13)11-16(7-8-16)19-9-5-14(6-10-19)18-15(20)21/h1-4,14,18H,5-11H2,(H,20,21). The Kier molecular flexibility index (Phi) is 4.22. The number of halogens is 1. The third kappa shape index (κ3) is 3.58. The van der Waals surface area contributed by atoms with E-state index in [0.29, 0.717) is 5.54 Å². The van der Waals surface area contributed by atoms with Crippen LogP contribution in [-0.4, -0.2) is 40.8 Å². The number of likely N-dealkylation sites (tertiary alicyclic amines) is 1. The van der Waals surface area contributed by atoms with Gasteiger partial charge < -0.3 is 10.4 Å². The minimum Gasteiger partial charge on any atom is -0.465 e. The summed E-state index contributed by atoms with van der Waals surface area (Å²) in [6.45, 7) is 2.00. The maximum atomic E-state index is 10.7. The Hall–Kier alpha value is -1.07. The molecule has 2 N–H and O–H groups in total. The van der Waals surface area contributed by atoms with E-state index in [1.54, 1.807) is 0 Å². The van der Waals surface area contributed by atoms with E-state index in [1.807, 2.05) is 0 Å². The van der Waals surface area contributed by atoms with Gasteiger partial charge in [0.25, 0.3) is 0 Å². The molecule has 4 nitrogen and oxygen atoms in total. The lowest BCUT2D eigenvalue weighted by Crippen LogP contribution is -2.49. The molecule has 0 aromatic heterocycles. The molecular weight excluding hydrogens is 332 g/mol. The SMILES string of the molecule is O=C(O)NC1CCN(C2(Cc3ccc(Br)cc3)CC2)CC1. The van der Waals surface area contributed by atoms with Crippen LogP contribution in [0.4, 0.5) is 4.79 Å². The van der Waals surface area contributed by atoms with Crippen LogP contribution in [0.3, 0.4) is 0 Å². The first kappa shape index (κ1) is 14.9. The molecule has 1 aromatic rings. The summed E-state index contributed by atoms with van der Waals surface area (Å²) in [7, 11) is 0. The summed E-state index contributed by atoms with van der Waals surface area (Å²) in [6.07, 6.45) is 4.59. The Morgan fingerprint density at radius 2 is 1.90 bits per heavy atom. The smallest absolute Gasteiger partial charge is 0.404 e. The highest BCUT2D eigenvalue weighted by atomic mass is 79.9. The first-order valence-electron chi connectivity index (χ1n) is 7.56. The van der Waals surface area contributed by atoms with Crippen molar-refractivity contribution in [1.29, 1.82) is 0 Å². The van der Waals surface area contributed by atoms with Gasteiger partial charge >= 0.3 is 6.09 Å². The Morgan fingerprint density at radius 3 is 2.43 bits per heavy atom. The first-order valence-corrected chi connectivity index (χ1v) is 8.36. The van der Waals surface area contributed by atoms with Crippen molar-refractivity contribution < 1.29 is 9.90 Å². The number of nitrogens with one attached hydrogen (secondary N) is 1. The van der Waals surface area contributed by atoms with Crippen molar-refractivity contribution in [3.63, 3.8) is 0 Å². The van der Waals surface area contributed by atoms with E-state index >= 15 is 0 Å². The molecule has 0 bridgehead atoms. The summed E-state index contributed by atoms with van der Waals surface area (Å²) in [4.78, 5) is 13.3. The molecule has 0 unspecified atom stereocenters. The molecular formula is C16H21BrN2O2. The maximum Gasteiger partial charge on any atom is 0.404 e. The van der Waals surface area contributed by atoms with Gasteiger partial charge in [-0.3, -0.25) is 4.90 Å². The van der Waals surface area contributed by atoms with E-state index in [0.717, 1.165) is 36.8 Å². The van der Waals surface area contributed by atoms with Crippen molar-refractivity contribution in [1.82, 2.24) is 10.2 Å². The molecule has 2 aliphatic rings. The monoisotopic (exact) mass is 352 g/mol. The normalized spacial score (nSPS) is 22.0. The summed E-state index contributed by atoms with van der Waals surface area (Å²) in [5.74, 6) is 0. The summed E-state index contributed by atoms with van der Waals surface area (Å²) in [5, 5.41) is 11.4. The molecule has 1 saturated heterocycles. The number of amides is 1. The molecule has 0 radical (unpaired) electrons. The van der Waals surface area contributed by atoms with Crippen molar-refractivity contribution in [2.24, 2.45) is 0 Å². The average Bonchev–Trinajstić information content (AvgIpc) is 3.22. The quantitative estimate of drug-likeness (QED) is 0.874. The van der Waals surface area contributed by atoms with Gasteiger partial charge in [-0.2, -0.15) is 0 Å².